The molecular weight excluding hydrogens is 401 g/mol. The van der Waals surface area contributed by atoms with E-state index < -0.39 is 5.97 Å². The molecule has 0 aliphatic carbocycles. The standard InChI is InChI=1S/C16H19Cl2N5O2.ClH/c1-25-16(24)15-11-23(20-19-15)9-6-21-4-7-22(8-5-21)12-2-3-13(17)14(18)10-12;/h2-3,10-11H,4-9H2,1H3;1H. The molecule has 0 spiro atoms. The fourth-order valence-electron chi connectivity index (χ4n) is 2.76. The van der Waals surface area contributed by atoms with E-state index in [1.54, 1.807) is 10.9 Å². The molecule has 0 bridgehead atoms. The molecule has 10 heteroatoms. The van der Waals surface area contributed by atoms with Crippen LogP contribution >= 0.6 is 35.6 Å². The van der Waals surface area contributed by atoms with E-state index in [9.17, 15) is 4.79 Å². The summed E-state index contributed by atoms with van der Waals surface area (Å²) in [5, 5.41) is 8.91. The van der Waals surface area contributed by atoms with E-state index in [-0.39, 0.29) is 18.1 Å². The first kappa shape index (κ1) is 20.8. The summed E-state index contributed by atoms with van der Waals surface area (Å²) in [7, 11) is 1.33. The van der Waals surface area contributed by atoms with Gasteiger partial charge in [-0.2, -0.15) is 0 Å². The molecule has 0 N–H and O–H groups in total. The lowest BCUT2D eigenvalue weighted by molar-refractivity contribution is 0.0594. The first-order chi connectivity index (χ1) is 12.1. The van der Waals surface area contributed by atoms with Gasteiger partial charge in [-0.1, -0.05) is 28.4 Å². The number of hydrogen-bond acceptors (Lipinski definition) is 6. The Morgan fingerprint density at radius 3 is 2.54 bits per heavy atom. The Labute approximate surface area is 168 Å². The van der Waals surface area contributed by atoms with Crippen molar-refractivity contribution >= 4 is 47.3 Å². The molecule has 1 aliphatic heterocycles. The highest BCUT2D eigenvalue weighted by atomic mass is 35.5. The summed E-state index contributed by atoms with van der Waals surface area (Å²) in [4.78, 5) is 16.0. The third-order valence-corrected chi connectivity index (χ3v) is 4.96. The van der Waals surface area contributed by atoms with Crippen LogP contribution in [0.3, 0.4) is 0 Å². The lowest BCUT2D eigenvalue weighted by Gasteiger charge is -2.36. The van der Waals surface area contributed by atoms with Gasteiger partial charge in [0.25, 0.3) is 0 Å². The van der Waals surface area contributed by atoms with Crippen molar-refractivity contribution in [2.75, 3.05) is 44.7 Å². The number of halogens is 3. The summed E-state index contributed by atoms with van der Waals surface area (Å²) in [5.74, 6) is -0.471. The van der Waals surface area contributed by atoms with Crippen molar-refractivity contribution in [3.05, 3.63) is 40.1 Å². The molecule has 1 aromatic heterocycles. The van der Waals surface area contributed by atoms with Gasteiger partial charge in [0.05, 0.1) is 29.9 Å². The Bertz CT molecular complexity index is 747. The number of ether oxygens (including phenoxy) is 1. The molecule has 0 amide bonds. The van der Waals surface area contributed by atoms with Crippen LogP contribution in [0.4, 0.5) is 5.69 Å². The lowest BCUT2D eigenvalue weighted by Crippen LogP contribution is -2.47. The van der Waals surface area contributed by atoms with E-state index in [0.717, 1.165) is 38.4 Å². The van der Waals surface area contributed by atoms with Crippen molar-refractivity contribution in [2.45, 2.75) is 6.54 Å². The first-order valence-corrected chi connectivity index (χ1v) is 8.73. The monoisotopic (exact) mass is 419 g/mol. The predicted molar refractivity (Wildman–Crippen MR) is 104 cm³/mol. The molecule has 1 aromatic carbocycles. The van der Waals surface area contributed by atoms with Gasteiger partial charge in [0.15, 0.2) is 5.69 Å². The van der Waals surface area contributed by atoms with E-state index in [2.05, 4.69) is 24.8 Å². The Kier molecular flexibility index (Phi) is 7.52. The predicted octanol–water partition coefficient (Wildman–Crippen LogP) is 2.62. The second-order valence-corrected chi connectivity index (χ2v) is 6.60. The minimum Gasteiger partial charge on any atom is -0.464 e. The molecule has 0 unspecified atom stereocenters. The molecule has 1 saturated heterocycles. The van der Waals surface area contributed by atoms with Crippen LogP contribution in [0.15, 0.2) is 24.4 Å². The van der Waals surface area contributed by atoms with Crippen molar-refractivity contribution in [1.29, 1.82) is 0 Å². The topological polar surface area (TPSA) is 63.5 Å². The van der Waals surface area contributed by atoms with Crippen LogP contribution in [-0.4, -0.2) is 65.7 Å². The Morgan fingerprint density at radius 2 is 1.88 bits per heavy atom. The average molecular weight is 421 g/mol. The first-order valence-electron chi connectivity index (χ1n) is 7.97. The zero-order valence-electron chi connectivity index (χ0n) is 14.3. The van der Waals surface area contributed by atoms with E-state index >= 15 is 0 Å². The van der Waals surface area contributed by atoms with Gasteiger partial charge in [-0.3, -0.25) is 9.58 Å². The Morgan fingerprint density at radius 1 is 1.15 bits per heavy atom. The number of carbonyl (C=O) groups is 1. The minimum atomic E-state index is -0.471. The van der Waals surface area contributed by atoms with Crippen LogP contribution in [0, 0.1) is 0 Å². The van der Waals surface area contributed by atoms with Gasteiger partial charge < -0.3 is 9.64 Å². The number of methoxy groups -OCH3 is 1. The van der Waals surface area contributed by atoms with Crippen molar-refractivity contribution in [1.82, 2.24) is 19.9 Å². The number of piperazine rings is 1. The molecule has 1 fully saturated rings. The van der Waals surface area contributed by atoms with Gasteiger partial charge in [0.1, 0.15) is 0 Å². The van der Waals surface area contributed by atoms with Crippen molar-refractivity contribution in [3.8, 4) is 0 Å². The Balaban J connectivity index is 0.00000243. The molecule has 0 saturated carbocycles. The number of hydrogen-bond donors (Lipinski definition) is 0. The molecule has 2 aromatic rings. The maximum atomic E-state index is 11.4. The largest absolute Gasteiger partial charge is 0.464 e. The lowest BCUT2D eigenvalue weighted by atomic mass is 10.2. The number of rotatable bonds is 5. The zero-order valence-corrected chi connectivity index (χ0v) is 16.6. The fourth-order valence-corrected chi connectivity index (χ4v) is 3.05. The summed E-state index contributed by atoms with van der Waals surface area (Å²) in [5.41, 5.74) is 1.32. The van der Waals surface area contributed by atoms with Crippen LogP contribution in [-0.2, 0) is 11.3 Å². The van der Waals surface area contributed by atoms with E-state index in [1.807, 2.05) is 18.2 Å². The number of nitrogens with zero attached hydrogens (tertiary/aromatic N) is 5. The number of anilines is 1. The third kappa shape index (κ3) is 5.01. The summed E-state index contributed by atoms with van der Waals surface area (Å²) in [6.07, 6.45) is 1.61. The van der Waals surface area contributed by atoms with E-state index in [1.165, 1.54) is 7.11 Å². The van der Waals surface area contributed by atoms with Gasteiger partial charge in [-0.15, -0.1) is 17.5 Å². The summed E-state index contributed by atoms with van der Waals surface area (Å²) in [6, 6.07) is 5.73. The van der Waals surface area contributed by atoms with E-state index in [4.69, 9.17) is 23.2 Å². The Hall–Kier alpha value is -1.54. The number of esters is 1. The van der Waals surface area contributed by atoms with Crippen LogP contribution in [0.1, 0.15) is 10.5 Å². The second-order valence-electron chi connectivity index (χ2n) is 5.79. The van der Waals surface area contributed by atoms with Crippen molar-refractivity contribution < 1.29 is 9.53 Å². The number of carbonyl (C=O) groups excluding carboxylic acids is 1. The van der Waals surface area contributed by atoms with Gasteiger partial charge in [0, 0.05) is 38.4 Å². The minimum absolute atomic E-state index is 0. The molecular formula is C16H20Cl3N5O2. The molecule has 26 heavy (non-hydrogen) atoms. The third-order valence-electron chi connectivity index (χ3n) is 4.22. The summed E-state index contributed by atoms with van der Waals surface area (Å²) >= 11 is 12.1. The van der Waals surface area contributed by atoms with Gasteiger partial charge >= 0.3 is 5.97 Å². The molecule has 0 radical (unpaired) electrons. The van der Waals surface area contributed by atoms with Gasteiger partial charge in [0.2, 0.25) is 0 Å². The quantitative estimate of drug-likeness (QED) is 0.693. The molecule has 2 heterocycles. The van der Waals surface area contributed by atoms with Crippen LogP contribution in [0.5, 0.6) is 0 Å². The van der Waals surface area contributed by atoms with Crippen LogP contribution < -0.4 is 4.90 Å². The van der Waals surface area contributed by atoms with Crippen LogP contribution in [0.25, 0.3) is 0 Å². The van der Waals surface area contributed by atoms with Crippen molar-refractivity contribution in [2.24, 2.45) is 0 Å². The van der Waals surface area contributed by atoms with Gasteiger partial charge in [-0.25, -0.2) is 4.79 Å². The fraction of sp³-hybridized carbons (Fsp3) is 0.438. The number of aromatic nitrogens is 3. The molecule has 1 aliphatic rings. The molecule has 7 nitrogen and oxygen atoms in total. The second kappa shape index (κ2) is 9.41. The highest BCUT2D eigenvalue weighted by Gasteiger charge is 2.18. The molecule has 0 atom stereocenters. The smallest absolute Gasteiger partial charge is 0.360 e. The summed E-state index contributed by atoms with van der Waals surface area (Å²) in [6.45, 7) is 5.25. The maximum absolute atomic E-state index is 11.4. The summed E-state index contributed by atoms with van der Waals surface area (Å²) < 4.78 is 6.29. The zero-order chi connectivity index (χ0) is 17.8. The van der Waals surface area contributed by atoms with Crippen LogP contribution in [0.2, 0.25) is 10.0 Å². The average Bonchev–Trinajstić information content (AvgIpc) is 3.11. The highest BCUT2D eigenvalue weighted by molar-refractivity contribution is 6.42. The normalized spacial score (nSPS) is 14.8. The molecule has 142 valence electrons. The van der Waals surface area contributed by atoms with E-state index in [0.29, 0.717) is 16.6 Å². The number of benzene rings is 1. The van der Waals surface area contributed by atoms with Gasteiger partial charge in [-0.05, 0) is 18.2 Å². The highest BCUT2D eigenvalue weighted by Crippen LogP contribution is 2.27. The maximum Gasteiger partial charge on any atom is 0.360 e. The van der Waals surface area contributed by atoms with Crippen molar-refractivity contribution in [3.63, 3.8) is 0 Å². The SMILES string of the molecule is COC(=O)c1cn(CCN2CCN(c3ccc(Cl)c(Cl)c3)CC2)nn1.Cl. The molecule has 3 rings (SSSR count).